The topological polar surface area (TPSA) is 67.4 Å². The van der Waals surface area contributed by atoms with Gasteiger partial charge in [-0.3, -0.25) is 20.4 Å². The van der Waals surface area contributed by atoms with Gasteiger partial charge in [-0.25, -0.2) is 0 Å². The summed E-state index contributed by atoms with van der Waals surface area (Å²) in [6.45, 7) is 4.67. The van der Waals surface area contributed by atoms with Crippen LogP contribution in [0.2, 0.25) is 0 Å². The molecule has 0 aromatic heterocycles. The van der Waals surface area contributed by atoms with Crippen LogP contribution in [0.1, 0.15) is 46.0 Å². The first kappa shape index (κ1) is 19.0. The zero-order valence-electron chi connectivity index (χ0n) is 14.3. The van der Waals surface area contributed by atoms with E-state index in [1.165, 1.54) is 0 Å². The van der Waals surface area contributed by atoms with Gasteiger partial charge in [0.2, 0.25) is 0 Å². The SMILES string of the molecule is CCCCOc1ccc(C(=O)NNC(=O)c2ccc(C)cc2)cc1Br. The molecule has 0 aliphatic rings. The lowest BCUT2D eigenvalue weighted by molar-refractivity contribution is 0.0846. The van der Waals surface area contributed by atoms with E-state index in [1.807, 2.05) is 19.1 Å². The number of hydrogen-bond donors (Lipinski definition) is 2. The van der Waals surface area contributed by atoms with Crippen LogP contribution in [0.15, 0.2) is 46.9 Å². The number of nitrogens with one attached hydrogen (secondary N) is 2. The molecule has 5 nitrogen and oxygen atoms in total. The molecule has 6 heteroatoms. The van der Waals surface area contributed by atoms with E-state index in [0.717, 1.165) is 18.4 Å². The summed E-state index contributed by atoms with van der Waals surface area (Å²) in [4.78, 5) is 24.2. The standard InChI is InChI=1S/C19H21BrN2O3/c1-3-4-11-25-17-10-9-15(12-16(17)20)19(24)22-21-18(23)14-7-5-13(2)6-8-14/h5-10,12H,3-4,11H2,1-2H3,(H,21,23)(H,22,24). The number of unbranched alkanes of at least 4 members (excludes halogenated alkanes) is 1. The smallest absolute Gasteiger partial charge is 0.269 e. The van der Waals surface area contributed by atoms with Crippen LogP contribution >= 0.6 is 15.9 Å². The zero-order chi connectivity index (χ0) is 18.2. The van der Waals surface area contributed by atoms with E-state index in [2.05, 4.69) is 33.7 Å². The van der Waals surface area contributed by atoms with Crippen LogP contribution in [0.5, 0.6) is 5.75 Å². The molecular formula is C19H21BrN2O3. The Bertz CT molecular complexity index is 745. The van der Waals surface area contributed by atoms with Gasteiger partial charge >= 0.3 is 0 Å². The Balaban J connectivity index is 1.93. The highest BCUT2D eigenvalue weighted by atomic mass is 79.9. The van der Waals surface area contributed by atoms with Gasteiger partial charge in [0.15, 0.2) is 0 Å². The second kappa shape index (κ2) is 9.22. The van der Waals surface area contributed by atoms with Crippen molar-refractivity contribution in [1.82, 2.24) is 10.9 Å². The molecule has 2 amide bonds. The van der Waals surface area contributed by atoms with Crippen LogP contribution in [-0.2, 0) is 0 Å². The predicted molar refractivity (Wildman–Crippen MR) is 101 cm³/mol. The van der Waals surface area contributed by atoms with E-state index in [9.17, 15) is 9.59 Å². The Hall–Kier alpha value is -2.34. The number of hydrogen-bond acceptors (Lipinski definition) is 3. The third-order valence-corrected chi connectivity index (χ3v) is 4.17. The predicted octanol–water partition coefficient (Wildman–Crippen LogP) is 4.01. The van der Waals surface area contributed by atoms with Crippen molar-refractivity contribution in [3.8, 4) is 5.75 Å². The highest BCUT2D eigenvalue weighted by Gasteiger charge is 2.11. The van der Waals surface area contributed by atoms with Crippen molar-refractivity contribution in [2.75, 3.05) is 6.61 Å². The summed E-state index contributed by atoms with van der Waals surface area (Å²) in [6.07, 6.45) is 2.03. The summed E-state index contributed by atoms with van der Waals surface area (Å²) in [5.41, 5.74) is 6.77. The van der Waals surface area contributed by atoms with Gasteiger partial charge < -0.3 is 4.74 Å². The number of amides is 2. The monoisotopic (exact) mass is 404 g/mol. The second-order valence-electron chi connectivity index (χ2n) is 5.62. The summed E-state index contributed by atoms with van der Waals surface area (Å²) >= 11 is 3.40. The van der Waals surface area contributed by atoms with Gasteiger partial charge in [0.25, 0.3) is 11.8 Å². The normalized spacial score (nSPS) is 10.2. The van der Waals surface area contributed by atoms with Gasteiger partial charge in [0, 0.05) is 11.1 Å². The van der Waals surface area contributed by atoms with Gasteiger partial charge in [-0.2, -0.15) is 0 Å². The molecule has 0 saturated carbocycles. The average Bonchev–Trinajstić information content (AvgIpc) is 2.61. The van der Waals surface area contributed by atoms with Crippen molar-refractivity contribution in [2.24, 2.45) is 0 Å². The van der Waals surface area contributed by atoms with E-state index in [1.54, 1.807) is 30.3 Å². The van der Waals surface area contributed by atoms with Crippen molar-refractivity contribution < 1.29 is 14.3 Å². The molecule has 2 aromatic carbocycles. The molecule has 2 aromatic rings. The maximum Gasteiger partial charge on any atom is 0.269 e. The molecule has 25 heavy (non-hydrogen) atoms. The molecule has 0 radical (unpaired) electrons. The van der Waals surface area contributed by atoms with Crippen LogP contribution in [0, 0.1) is 6.92 Å². The minimum Gasteiger partial charge on any atom is -0.492 e. The number of carbonyl (C=O) groups is 2. The van der Waals surface area contributed by atoms with Gasteiger partial charge in [-0.05, 0) is 59.6 Å². The van der Waals surface area contributed by atoms with Crippen molar-refractivity contribution in [2.45, 2.75) is 26.7 Å². The fourth-order valence-corrected chi connectivity index (χ4v) is 2.54. The van der Waals surface area contributed by atoms with Crippen LogP contribution in [-0.4, -0.2) is 18.4 Å². The molecule has 0 bridgehead atoms. The minimum atomic E-state index is -0.402. The fourth-order valence-electron chi connectivity index (χ4n) is 2.05. The van der Waals surface area contributed by atoms with Crippen LogP contribution in [0.4, 0.5) is 0 Å². The number of benzene rings is 2. The summed E-state index contributed by atoms with van der Waals surface area (Å²) in [5.74, 6) is -0.0816. The quantitative estimate of drug-likeness (QED) is 0.564. The Morgan fingerprint density at radius 3 is 2.20 bits per heavy atom. The van der Waals surface area contributed by atoms with Gasteiger partial charge in [0.1, 0.15) is 5.75 Å². The Morgan fingerprint density at radius 2 is 1.60 bits per heavy atom. The maximum atomic E-state index is 12.2. The molecule has 0 fully saturated rings. The van der Waals surface area contributed by atoms with Crippen molar-refractivity contribution in [3.63, 3.8) is 0 Å². The number of ether oxygens (including phenoxy) is 1. The van der Waals surface area contributed by atoms with Gasteiger partial charge in [0.05, 0.1) is 11.1 Å². The minimum absolute atomic E-state index is 0.369. The molecule has 0 heterocycles. The first-order valence-electron chi connectivity index (χ1n) is 8.11. The van der Waals surface area contributed by atoms with Crippen LogP contribution in [0.3, 0.4) is 0 Å². The largest absolute Gasteiger partial charge is 0.492 e. The van der Waals surface area contributed by atoms with E-state index in [4.69, 9.17) is 4.74 Å². The van der Waals surface area contributed by atoms with Crippen LogP contribution < -0.4 is 15.6 Å². The lowest BCUT2D eigenvalue weighted by Crippen LogP contribution is -2.41. The van der Waals surface area contributed by atoms with Gasteiger partial charge in [-0.15, -0.1) is 0 Å². The summed E-state index contributed by atoms with van der Waals surface area (Å²) in [6, 6.07) is 12.1. The molecule has 2 N–H and O–H groups in total. The Labute approximate surface area is 155 Å². The highest BCUT2D eigenvalue weighted by molar-refractivity contribution is 9.10. The van der Waals surface area contributed by atoms with Crippen molar-refractivity contribution in [3.05, 3.63) is 63.6 Å². The molecule has 132 valence electrons. The fraction of sp³-hybridized carbons (Fsp3) is 0.263. The molecule has 2 rings (SSSR count). The first-order valence-corrected chi connectivity index (χ1v) is 8.90. The second-order valence-corrected chi connectivity index (χ2v) is 6.48. The third kappa shape index (κ3) is 5.60. The molecule has 0 aliphatic carbocycles. The number of carbonyl (C=O) groups excluding carboxylic acids is 2. The van der Waals surface area contributed by atoms with E-state index in [-0.39, 0.29) is 5.91 Å². The van der Waals surface area contributed by atoms with E-state index >= 15 is 0 Å². The lowest BCUT2D eigenvalue weighted by Gasteiger charge is -2.10. The summed E-state index contributed by atoms with van der Waals surface area (Å²) in [7, 11) is 0. The number of aryl methyl sites for hydroxylation is 1. The molecule has 0 aliphatic heterocycles. The molecule has 0 unspecified atom stereocenters. The maximum absolute atomic E-state index is 12.2. The molecule has 0 saturated heterocycles. The molecule has 0 spiro atoms. The van der Waals surface area contributed by atoms with E-state index in [0.29, 0.717) is 28.0 Å². The number of rotatable bonds is 6. The van der Waals surface area contributed by atoms with Crippen LogP contribution in [0.25, 0.3) is 0 Å². The van der Waals surface area contributed by atoms with Gasteiger partial charge in [-0.1, -0.05) is 31.0 Å². The highest BCUT2D eigenvalue weighted by Crippen LogP contribution is 2.26. The summed E-state index contributed by atoms with van der Waals surface area (Å²) < 4.78 is 6.32. The average molecular weight is 405 g/mol. The molecular weight excluding hydrogens is 384 g/mol. The summed E-state index contributed by atoms with van der Waals surface area (Å²) in [5, 5.41) is 0. The Morgan fingerprint density at radius 1 is 1.00 bits per heavy atom. The third-order valence-electron chi connectivity index (χ3n) is 3.55. The number of halogens is 1. The molecule has 0 atom stereocenters. The Kier molecular flexibility index (Phi) is 7.01. The van der Waals surface area contributed by atoms with Crippen molar-refractivity contribution >= 4 is 27.7 Å². The van der Waals surface area contributed by atoms with Crippen molar-refractivity contribution in [1.29, 1.82) is 0 Å². The lowest BCUT2D eigenvalue weighted by atomic mass is 10.1. The zero-order valence-corrected chi connectivity index (χ0v) is 15.9. The number of hydrazine groups is 1. The van der Waals surface area contributed by atoms with E-state index < -0.39 is 5.91 Å². The first-order chi connectivity index (χ1) is 12.0.